The highest BCUT2D eigenvalue weighted by Crippen LogP contribution is 2.43. The highest BCUT2D eigenvalue weighted by Gasteiger charge is 2.45. The number of hydrogen-bond acceptors (Lipinski definition) is 2. The van der Waals surface area contributed by atoms with Crippen LogP contribution in [0.4, 0.5) is 0 Å². The minimum atomic E-state index is -0.345. The Morgan fingerprint density at radius 2 is 2.09 bits per heavy atom. The van der Waals surface area contributed by atoms with E-state index in [1.807, 2.05) is 23.1 Å². The van der Waals surface area contributed by atoms with Crippen molar-refractivity contribution in [2.45, 2.75) is 44.1 Å². The van der Waals surface area contributed by atoms with Crippen molar-refractivity contribution in [2.75, 3.05) is 19.6 Å². The summed E-state index contributed by atoms with van der Waals surface area (Å²) in [7, 11) is 0. The van der Waals surface area contributed by atoms with Crippen molar-refractivity contribution in [3.63, 3.8) is 0 Å². The van der Waals surface area contributed by atoms with Crippen LogP contribution < -0.4 is 5.32 Å². The molecule has 1 saturated carbocycles. The van der Waals surface area contributed by atoms with Crippen molar-refractivity contribution in [1.29, 1.82) is 0 Å². The lowest BCUT2D eigenvalue weighted by Gasteiger charge is -2.39. The molecule has 0 spiro atoms. The third-order valence-electron chi connectivity index (χ3n) is 4.90. The van der Waals surface area contributed by atoms with Gasteiger partial charge in [-0.05, 0) is 37.5 Å². The van der Waals surface area contributed by atoms with E-state index < -0.39 is 0 Å². The minimum absolute atomic E-state index is 0. The van der Waals surface area contributed by atoms with Gasteiger partial charge in [0.1, 0.15) is 0 Å². The Kier molecular flexibility index (Phi) is 5.76. The number of benzene rings is 1. The molecule has 0 aromatic heterocycles. The van der Waals surface area contributed by atoms with Crippen LogP contribution in [0.2, 0.25) is 5.02 Å². The molecule has 1 saturated heterocycles. The third kappa shape index (κ3) is 3.27. The molecule has 1 atom stereocenters. The molecule has 22 heavy (non-hydrogen) atoms. The summed E-state index contributed by atoms with van der Waals surface area (Å²) < 4.78 is 0. The Morgan fingerprint density at radius 3 is 2.73 bits per heavy atom. The van der Waals surface area contributed by atoms with E-state index in [0.717, 1.165) is 55.9 Å². The Bertz CT molecular complexity index is 529. The topological polar surface area (TPSA) is 32.3 Å². The molecule has 1 aromatic rings. The second-order valence-electron chi connectivity index (χ2n) is 6.41. The normalized spacial score (nSPS) is 23.9. The van der Waals surface area contributed by atoms with Crippen LogP contribution >= 0.6 is 24.0 Å². The Balaban J connectivity index is 0.00000176. The highest BCUT2D eigenvalue weighted by molar-refractivity contribution is 6.30. The molecule has 0 radical (unpaired) electrons. The van der Waals surface area contributed by atoms with Crippen LogP contribution in [0, 0.1) is 0 Å². The summed E-state index contributed by atoms with van der Waals surface area (Å²) in [5.41, 5.74) is 0.755. The van der Waals surface area contributed by atoms with Crippen molar-refractivity contribution < 1.29 is 4.79 Å². The van der Waals surface area contributed by atoms with E-state index in [0.29, 0.717) is 11.9 Å². The zero-order valence-corrected chi connectivity index (χ0v) is 14.6. The van der Waals surface area contributed by atoms with Crippen LogP contribution in [0.25, 0.3) is 0 Å². The second kappa shape index (κ2) is 7.20. The summed E-state index contributed by atoms with van der Waals surface area (Å²) >= 11 is 6.16. The molecule has 1 N–H and O–H groups in total. The number of nitrogens with zero attached hydrogens (tertiary/aromatic N) is 1. The summed E-state index contributed by atoms with van der Waals surface area (Å²) in [5, 5.41) is 4.13. The Labute approximate surface area is 143 Å². The monoisotopic (exact) mass is 342 g/mol. The average molecular weight is 343 g/mol. The molecular weight excluding hydrogens is 319 g/mol. The highest BCUT2D eigenvalue weighted by atomic mass is 35.5. The van der Waals surface area contributed by atoms with Gasteiger partial charge in [0.25, 0.3) is 0 Å². The molecule has 1 heterocycles. The first-order valence-corrected chi connectivity index (χ1v) is 8.28. The maximum atomic E-state index is 13.2. The quantitative estimate of drug-likeness (QED) is 0.893. The molecule has 2 fully saturated rings. The van der Waals surface area contributed by atoms with Crippen LogP contribution in [0.5, 0.6) is 0 Å². The number of amides is 1. The van der Waals surface area contributed by atoms with E-state index in [1.165, 1.54) is 0 Å². The number of nitrogens with one attached hydrogen (secondary N) is 1. The molecular formula is C17H24Cl2N2O. The van der Waals surface area contributed by atoms with Crippen LogP contribution in [-0.2, 0) is 10.2 Å². The largest absolute Gasteiger partial charge is 0.339 e. The lowest BCUT2D eigenvalue weighted by atomic mass is 9.77. The molecule has 1 aromatic carbocycles. The molecule has 0 bridgehead atoms. The van der Waals surface area contributed by atoms with E-state index in [-0.39, 0.29) is 17.8 Å². The van der Waals surface area contributed by atoms with Gasteiger partial charge in [-0.3, -0.25) is 4.79 Å². The summed E-state index contributed by atoms with van der Waals surface area (Å²) in [4.78, 5) is 15.3. The number of hydrogen-bond donors (Lipinski definition) is 1. The fraction of sp³-hybridized carbons (Fsp3) is 0.588. The maximum Gasteiger partial charge on any atom is 0.233 e. The fourth-order valence-corrected chi connectivity index (χ4v) is 4.00. The number of rotatable bonds is 2. The zero-order chi connectivity index (χ0) is 14.9. The van der Waals surface area contributed by atoms with Crippen molar-refractivity contribution in [3.05, 3.63) is 34.9 Å². The zero-order valence-electron chi connectivity index (χ0n) is 13.0. The van der Waals surface area contributed by atoms with Crippen LogP contribution in [0.3, 0.4) is 0 Å². The summed E-state index contributed by atoms with van der Waals surface area (Å²) in [6.07, 6.45) is 4.15. The minimum Gasteiger partial charge on any atom is -0.339 e. The van der Waals surface area contributed by atoms with Gasteiger partial charge in [0.2, 0.25) is 5.91 Å². The summed E-state index contributed by atoms with van der Waals surface area (Å²) in [6.45, 7) is 4.64. The summed E-state index contributed by atoms with van der Waals surface area (Å²) in [5.74, 6) is 0.301. The van der Waals surface area contributed by atoms with Crippen molar-refractivity contribution in [2.24, 2.45) is 0 Å². The number of piperazine rings is 1. The first kappa shape index (κ1) is 17.6. The SMILES string of the molecule is CC1CN(C(=O)C2(c3cccc(Cl)c3)CCCC2)CCN1.Cl. The van der Waals surface area contributed by atoms with Gasteiger partial charge < -0.3 is 10.2 Å². The Morgan fingerprint density at radius 1 is 1.36 bits per heavy atom. The number of halogens is 2. The van der Waals surface area contributed by atoms with Gasteiger partial charge in [0, 0.05) is 30.7 Å². The van der Waals surface area contributed by atoms with Crippen molar-refractivity contribution in [1.82, 2.24) is 10.2 Å². The van der Waals surface area contributed by atoms with Crippen LogP contribution in [-0.4, -0.2) is 36.5 Å². The van der Waals surface area contributed by atoms with Crippen molar-refractivity contribution >= 4 is 29.9 Å². The van der Waals surface area contributed by atoms with Gasteiger partial charge in [0.15, 0.2) is 0 Å². The van der Waals surface area contributed by atoms with Gasteiger partial charge in [-0.25, -0.2) is 0 Å². The van der Waals surface area contributed by atoms with E-state index in [9.17, 15) is 4.79 Å². The van der Waals surface area contributed by atoms with Crippen molar-refractivity contribution in [3.8, 4) is 0 Å². The first-order chi connectivity index (χ1) is 10.1. The first-order valence-electron chi connectivity index (χ1n) is 7.91. The molecule has 1 aliphatic heterocycles. The van der Waals surface area contributed by atoms with Gasteiger partial charge in [-0.2, -0.15) is 0 Å². The smallest absolute Gasteiger partial charge is 0.233 e. The third-order valence-corrected chi connectivity index (χ3v) is 5.13. The standard InChI is InChI=1S/C17H23ClN2O.ClH/c1-13-12-20(10-9-19-13)16(21)17(7-2-3-8-17)14-5-4-6-15(18)11-14;/h4-6,11,13,19H,2-3,7-10,12H2,1H3;1H. The van der Waals surface area contributed by atoms with E-state index in [1.54, 1.807) is 0 Å². The number of carbonyl (C=O) groups excluding carboxylic acids is 1. The molecule has 1 unspecified atom stereocenters. The Hall–Kier alpha value is -0.770. The maximum absolute atomic E-state index is 13.2. The van der Waals surface area contributed by atoms with Crippen LogP contribution in [0.1, 0.15) is 38.2 Å². The molecule has 1 amide bonds. The lowest BCUT2D eigenvalue weighted by molar-refractivity contribution is -0.138. The molecule has 5 heteroatoms. The predicted octanol–water partition coefficient (Wildman–Crippen LogP) is 3.39. The molecule has 1 aliphatic carbocycles. The second-order valence-corrected chi connectivity index (χ2v) is 6.84. The van der Waals surface area contributed by atoms with Gasteiger partial charge in [0.05, 0.1) is 5.41 Å². The average Bonchev–Trinajstić information content (AvgIpc) is 2.97. The van der Waals surface area contributed by atoms with E-state index in [4.69, 9.17) is 11.6 Å². The van der Waals surface area contributed by atoms with E-state index >= 15 is 0 Å². The van der Waals surface area contributed by atoms with Gasteiger partial charge >= 0.3 is 0 Å². The molecule has 2 aliphatic rings. The molecule has 122 valence electrons. The molecule has 3 nitrogen and oxygen atoms in total. The lowest BCUT2D eigenvalue weighted by Crippen LogP contribution is -2.56. The van der Waals surface area contributed by atoms with E-state index in [2.05, 4.69) is 18.3 Å². The number of carbonyl (C=O) groups is 1. The van der Waals surface area contributed by atoms with Gasteiger partial charge in [-0.15, -0.1) is 12.4 Å². The fourth-order valence-electron chi connectivity index (χ4n) is 3.81. The predicted molar refractivity (Wildman–Crippen MR) is 92.9 cm³/mol. The van der Waals surface area contributed by atoms with Crippen LogP contribution in [0.15, 0.2) is 24.3 Å². The summed E-state index contributed by atoms with van der Waals surface area (Å²) in [6, 6.07) is 8.27. The van der Waals surface area contributed by atoms with Gasteiger partial charge in [-0.1, -0.05) is 36.6 Å². The molecule has 3 rings (SSSR count).